The molecule has 2 N–H and O–H groups in total. The summed E-state index contributed by atoms with van der Waals surface area (Å²) in [6.07, 6.45) is 1.79. The zero-order valence-corrected chi connectivity index (χ0v) is 22.6. The van der Waals surface area contributed by atoms with E-state index in [9.17, 15) is 18.0 Å². The molecule has 1 fully saturated rings. The van der Waals surface area contributed by atoms with Gasteiger partial charge in [-0.25, -0.2) is 8.42 Å². The summed E-state index contributed by atoms with van der Waals surface area (Å²) in [6.45, 7) is 0.460. The number of sulfonamides is 1. The number of carbonyl (C=O) groups excluding carboxylic acids is 2. The Kier molecular flexibility index (Phi) is 9.05. The first-order chi connectivity index (χ1) is 18.8. The van der Waals surface area contributed by atoms with Gasteiger partial charge in [0, 0.05) is 19.2 Å². The van der Waals surface area contributed by atoms with Crippen LogP contribution in [0.4, 0.5) is 11.4 Å². The van der Waals surface area contributed by atoms with Gasteiger partial charge in [-0.2, -0.15) is 0 Å². The number of methoxy groups -OCH3 is 2. The smallest absolute Gasteiger partial charge is 0.264 e. The number of para-hydroxylation sites is 1. The van der Waals surface area contributed by atoms with Crippen molar-refractivity contribution in [3.63, 3.8) is 0 Å². The molecule has 1 atom stereocenters. The van der Waals surface area contributed by atoms with Crippen LogP contribution in [0, 0.1) is 0 Å². The predicted molar refractivity (Wildman–Crippen MR) is 147 cm³/mol. The molecular formula is C28H31N3O7S. The lowest BCUT2D eigenvalue weighted by Gasteiger charge is -2.26. The SMILES string of the molecule is COc1ccc(N(CC(=O)Nc2ccccc2C(=O)NC[C@H]2CCCO2)S(=O)(=O)c2ccccc2)c(OC)c1. The van der Waals surface area contributed by atoms with Crippen molar-refractivity contribution in [2.24, 2.45) is 0 Å². The molecule has 206 valence electrons. The molecule has 4 rings (SSSR count). The summed E-state index contributed by atoms with van der Waals surface area (Å²) >= 11 is 0. The number of anilines is 2. The molecule has 3 aromatic rings. The van der Waals surface area contributed by atoms with E-state index in [4.69, 9.17) is 14.2 Å². The van der Waals surface area contributed by atoms with Gasteiger partial charge < -0.3 is 24.8 Å². The molecule has 1 saturated heterocycles. The molecular weight excluding hydrogens is 522 g/mol. The van der Waals surface area contributed by atoms with Crippen LogP contribution in [-0.4, -0.2) is 60.3 Å². The Morgan fingerprint density at radius 2 is 1.74 bits per heavy atom. The minimum atomic E-state index is -4.18. The van der Waals surface area contributed by atoms with Crippen LogP contribution in [0.5, 0.6) is 11.5 Å². The third-order valence-corrected chi connectivity index (χ3v) is 8.01. The third-order valence-electron chi connectivity index (χ3n) is 6.23. The molecule has 0 unspecified atom stereocenters. The van der Waals surface area contributed by atoms with Crippen LogP contribution in [0.3, 0.4) is 0 Å². The number of nitrogens with one attached hydrogen (secondary N) is 2. The Balaban J connectivity index is 1.60. The maximum Gasteiger partial charge on any atom is 0.264 e. The fraction of sp³-hybridized carbons (Fsp3) is 0.286. The fourth-order valence-electron chi connectivity index (χ4n) is 4.23. The number of benzene rings is 3. The van der Waals surface area contributed by atoms with Crippen LogP contribution in [0.15, 0.2) is 77.7 Å². The number of amides is 2. The molecule has 39 heavy (non-hydrogen) atoms. The van der Waals surface area contributed by atoms with Gasteiger partial charge in [-0.1, -0.05) is 30.3 Å². The molecule has 10 nitrogen and oxygen atoms in total. The summed E-state index contributed by atoms with van der Waals surface area (Å²) in [5, 5.41) is 5.54. The van der Waals surface area contributed by atoms with E-state index in [-0.39, 0.29) is 39.6 Å². The molecule has 1 aliphatic heterocycles. The monoisotopic (exact) mass is 553 g/mol. The highest BCUT2D eigenvalue weighted by Gasteiger charge is 2.30. The van der Waals surface area contributed by atoms with E-state index in [0.29, 0.717) is 18.9 Å². The van der Waals surface area contributed by atoms with Crippen molar-refractivity contribution in [1.82, 2.24) is 5.32 Å². The highest BCUT2D eigenvalue weighted by atomic mass is 32.2. The van der Waals surface area contributed by atoms with Gasteiger partial charge in [-0.3, -0.25) is 13.9 Å². The molecule has 0 radical (unpaired) electrons. The molecule has 3 aromatic carbocycles. The topological polar surface area (TPSA) is 123 Å². The summed E-state index contributed by atoms with van der Waals surface area (Å²) in [7, 11) is -1.30. The van der Waals surface area contributed by atoms with Gasteiger partial charge in [0.15, 0.2) is 0 Å². The predicted octanol–water partition coefficient (Wildman–Crippen LogP) is 3.45. The molecule has 1 aliphatic rings. The zero-order chi connectivity index (χ0) is 27.8. The summed E-state index contributed by atoms with van der Waals surface area (Å²) in [4.78, 5) is 26.2. The molecule has 0 aromatic heterocycles. The standard InChI is InChI=1S/C28H31N3O7S/c1-36-20-14-15-25(26(17-20)37-2)31(39(34,35)22-10-4-3-5-11-22)19-27(32)30-24-13-7-6-12-23(24)28(33)29-18-21-9-8-16-38-21/h3-7,10-15,17,21H,8-9,16,18-19H2,1-2H3,(H,29,33)(H,30,32)/t21-/m1/s1. The maximum absolute atomic E-state index is 13.7. The second-order valence-electron chi connectivity index (χ2n) is 8.80. The van der Waals surface area contributed by atoms with Crippen molar-refractivity contribution in [3.8, 4) is 11.5 Å². The van der Waals surface area contributed by atoms with Gasteiger partial charge in [-0.05, 0) is 49.2 Å². The van der Waals surface area contributed by atoms with Crippen LogP contribution in [0.1, 0.15) is 23.2 Å². The largest absolute Gasteiger partial charge is 0.497 e. The van der Waals surface area contributed by atoms with E-state index >= 15 is 0 Å². The zero-order valence-electron chi connectivity index (χ0n) is 21.8. The van der Waals surface area contributed by atoms with Gasteiger partial charge in [0.2, 0.25) is 5.91 Å². The quantitative estimate of drug-likeness (QED) is 0.373. The van der Waals surface area contributed by atoms with E-state index in [1.54, 1.807) is 48.5 Å². The average molecular weight is 554 g/mol. The van der Waals surface area contributed by atoms with E-state index in [0.717, 1.165) is 17.1 Å². The molecule has 1 heterocycles. The number of nitrogens with zero attached hydrogens (tertiary/aromatic N) is 1. The third kappa shape index (κ3) is 6.68. The molecule has 11 heteroatoms. The lowest BCUT2D eigenvalue weighted by Crippen LogP contribution is -2.39. The summed E-state index contributed by atoms with van der Waals surface area (Å²) in [5.74, 6) is -0.352. The molecule has 0 aliphatic carbocycles. The van der Waals surface area contributed by atoms with Crippen molar-refractivity contribution < 1.29 is 32.2 Å². The first-order valence-corrected chi connectivity index (χ1v) is 13.9. The van der Waals surface area contributed by atoms with Crippen LogP contribution >= 0.6 is 0 Å². The van der Waals surface area contributed by atoms with Crippen LogP contribution < -0.4 is 24.4 Å². The van der Waals surface area contributed by atoms with Gasteiger partial charge in [0.05, 0.1) is 42.2 Å². The normalized spacial score (nSPS) is 14.9. The van der Waals surface area contributed by atoms with Crippen LogP contribution in [0.25, 0.3) is 0 Å². The molecule has 0 spiro atoms. The Labute approximate surface area is 227 Å². The summed E-state index contributed by atoms with van der Waals surface area (Å²) in [5.41, 5.74) is 0.661. The van der Waals surface area contributed by atoms with Gasteiger partial charge >= 0.3 is 0 Å². The Bertz CT molecular complexity index is 1410. The number of rotatable bonds is 11. The lowest BCUT2D eigenvalue weighted by atomic mass is 10.1. The Morgan fingerprint density at radius 1 is 1.00 bits per heavy atom. The van der Waals surface area contributed by atoms with Crippen LogP contribution in [-0.2, 0) is 19.6 Å². The minimum Gasteiger partial charge on any atom is -0.497 e. The van der Waals surface area contributed by atoms with E-state index in [2.05, 4.69) is 10.6 Å². The van der Waals surface area contributed by atoms with Gasteiger partial charge in [0.1, 0.15) is 18.0 Å². The van der Waals surface area contributed by atoms with E-state index < -0.39 is 22.5 Å². The molecule has 2 amide bonds. The summed E-state index contributed by atoms with van der Waals surface area (Å²) < 4.78 is 44.6. The number of hydrogen-bond acceptors (Lipinski definition) is 7. The maximum atomic E-state index is 13.7. The van der Waals surface area contributed by atoms with Gasteiger partial charge in [-0.15, -0.1) is 0 Å². The van der Waals surface area contributed by atoms with Gasteiger partial charge in [0.25, 0.3) is 15.9 Å². The molecule has 0 bridgehead atoms. The number of carbonyl (C=O) groups is 2. The number of hydrogen-bond donors (Lipinski definition) is 2. The molecule has 0 saturated carbocycles. The van der Waals surface area contributed by atoms with Crippen molar-refractivity contribution in [2.75, 3.05) is 43.5 Å². The minimum absolute atomic E-state index is 0.00424. The van der Waals surface area contributed by atoms with E-state index in [1.807, 2.05) is 0 Å². The van der Waals surface area contributed by atoms with Crippen LogP contribution in [0.2, 0.25) is 0 Å². The van der Waals surface area contributed by atoms with E-state index in [1.165, 1.54) is 38.5 Å². The lowest BCUT2D eigenvalue weighted by molar-refractivity contribution is -0.114. The highest BCUT2D eigenvalue weighted by Crippen LogP contribution is 2.35. The second kappa shape index (κ2) is 12.6. The first-order valence-electron chi connectivity index (χ1n) is 12.4. The average Bonchev–Trinajstić information content (AvgIpc) is 3.49. The second-order valence-corrected chi connectivity index (χ2v) is 10.7. The Hall–Kier alpha value is -4.09. The van der Waals surface area contributed by atoms with Crippen molar-refractivity contribution >= 4 is 33.2 Å². The highest BCUT2D eigenvalue weighted by molar-refractivity contribution is 7.92. The summed E-state index contributed by atoms with van der Waals surface area (Å²) in [6, 6.07) is 19.0. The van der Waals surface area contributed by atoms with Crippen molar-refractivity contribution in [3.05, 3.63) is 78.4 Å². The van der Waals surface area contributed by atoms with Crippen molar-refractivity contribution in [1.29, 1.82) is 0 Å². The Morgan fingerprint density at radius 3 is 2.44 bits per heavy atom. The van der Waals surface area contributed by atoms with Crippen molar-refractivity contribution in [2.45, 2.75) is 23.8 Å². The number of ether oxygens (including phenoxy) is 3. The fourth-order valence-corrected chi connectivity index (χ4v) is 5.68. The first kappa shape index (κ1) is 27.9.